The van der Waals surface area contributed by atoms with Crippen LogP contribution in [-0.4, -0.2) is 40.8 Å². The molecule has 3 N–H and O–H groups in total. The van der Waals surface area contributed by atoms with E-state index in [1.807, 2.05) is 0 Å². The van der Waals surface area contributed by atoms with E-state index < -0.39 is 36.2 Å². The monoisotopic (exact) mass is 298 g/mol. The number of aliphatic carboxylic acids is 2. The van der Waals surface area contributed by atoms with Crippen LogP contribution in [0.3, 0.4) is 0 Å². The Balaban J connectivity index is 2.88. The molecule has 2 amide bonds. The van der Waals surface area contributed by atoms with Gasteiger partial charge < -0.3 is 15.5 Å². The van der Waals surface area contributed by atoms with E-state index in [0.717, 1.165) is 11.0 Å². The number of nitrogens with one attached hydrogen (secondary N) is 1. The fourth-order valence-corrected chi connectivity index (χ4v) is 1.69. The molecule has 1 aromatic carbocycles. The Morgan fingerprint density at radius 1 is 1.33 bits per heavy atom. The number of carboxylic acid groups (broad SMARTS) is 2. The summed E-state index contributed by atoms with van der Waals surface area (Å²) in [6.07, 6.45) is -0.748. The Hall–Kier alpha value is -2.64. The van der Waals surface area contributed by atoms with Crippen LogP contribution in [0.4, 0.5) is 14.9 Å². The van der Waals surface area contributed by atoms with Gasteiger partial charge in [0.2, 0.25) is 0 Å². The molecule has 114 valence electrons. The van der Waals surface area contributed by atoms with Crippen LogP contribution in [0.2, 0.25) is 0 Å². The van der Waals surface area contributed by atoms with Crippen molar-refractivity contribution in [2.75, 3.05) is 11.4 Å². The highest BCUT2D eigenvalue weighted by Crippen LogP contribution is 2.15. The number of halogens is 1. The fraction of sp³-hybridized carbons (Fsp3) is 0.308. The van der Waals surface area contributed by atoms with Gasteiger partial charge in [0.15, 0.2) is 0 Å². The van der Waals surface area contributed by atoms with Crippen LogP contribution in [0.15, 0.2) is 24.3 Å². The lowest BCUT2D eigenvalue weighted by atomic mass is 10.2. The van der Waals surface area contributed by atoms with Crippen molar-refractivity contribution in [3.05, 3.63) is 30.1 Å². The summed E-state index contributed by atoms with van der Waals surface area (Å²) >= 11 is 0. The normalized spacial score (nSPS) is 11.5. The minimum absolute atomic E-state index is 0.161. The lowest BCUT2D eigenvalue weighted by molar-refractivity contribution is -0.145. The van der Waals surface area contributed by atoms with E-state index in [0.29, 0.717) is 0 Å². The molecule has 1 unspecified atom stereocenters. The second-order valence-electron chi connectivity index (χ2n) is 4.16. The number of urea groups is 1. The molecule has 0 bridgehead atoms. The summed E-state index contributed by atoms with van der Waals surface area (Å²) in [4.78, 5) is 34.6. The maximum Gasteiger partial charge on any atom is 0.326 e. The first-order valence-electron chi connectivity index (χ1n) is 6.13. The second-order valence-corrected chi connectivity index (χ2v) is 4.16. The Morgan fingerprint density at radius 2 is 2.00 bits per heavy atom. The highest BCUT2D eigenvalue weighted by molar-refractivity contribution is 5.95. The number of rotatable bonds is 6. The Bertz CT molecular complexity index is 549. The van der Waals surface area contributed by atoms with Gasteiger partial charge in [-0.3, -0.25) is 9.69 Å². The van der Waals surface area contributed by atoms with Gasteiger partial charge in [-0.25, -0.2) is 14.0 Å². The first kappa shape index (κ1) is 16.4. The van der Waals surface area contributed by atoms with Crippen molar-refractivity contribution in [3.8, 4) is 0 Å². The number of benzene rings is 1. The van der Waals surface area contributed by atoms with Gasteiger partial charge in [0, 0.05) is 12.2 Å². The third-order valence-corrected chi connectivity index (χ3v) is 2.66. The summed E-state index contributed by atoms with van der Waals surface area (Å²) in [5.41, 5.74) is 0.245. The minimum atomic E-state index is -1.56. The Labute approximate surface area is 120 Å². The first-order valence-corrected chi connectivity index (χ1v) is 6.13. The molecule has 0 aromatic heterocycles. The van der Waals surface area contributed by atoms with Gasteiger partial charge in [0.05, 0.1) is 6.42 Å². The number of carboxylic acids is 2. The zero-order chi connectivity index (χ0) is 16.0. The first-order chi connectivity index (χ1) is 9.85. The lowest BCUT2D eigenvalue weighted by Crippen LogP contribution is -2.49. The average Bonchev–Trinajstić information content (AvgIpc) is 2.38. The van der Waals surface area contributed by atoms with Gasteiger partial charge in [-0.15, -0.1) is 0 Å². The van der Waals surface area contributed by atoms with Crippen molar-refractivity contribution in [3.63, 3.8) is 0 Å². The molecule has 0 aliphatic carbocycles. The van der Waals surface area contributed by atoms with Crippen LogP contribution >= 0.6 is 0 Å². The van der Waals surface area contributed by atoms with E-state index in [9.17, 15) is 18.8 Å². The third-order valence-electron chi connectivity index (χ3n) is 2.66. The summed E-state index contributed by atoms with van der Waals surface area (Å²) in [6.45, 7) is 1.78. The van der Waals surface area contributed by atoms with Crippen molar-refractivity contribution in [1.29, 1.82) is 0 Å². The van der Waals surface area contributed by atoms with Crippen LogP contribution in [-0.2, 0) is 9.59 Å². The summed E-state index contributed by atoms with van der Waals surface area (Å²) < 4.78 is 13.2. The average molecular weight is 298 g/mol. The van der Waals surface area contributed by atoms with Gasteiger partial charge in [0.25, 0.3) is 0 Å². The number of nitrogens with zero attached hydrogens (tertiary/aromatic N) is 1. The summed E-state index contributed by atoms with van der Waals surface area (Å²) in [5.74, 6) is -3.35. The topological polar surface area (TPSA) is 107 Å². The van der Waals surface area contributed by atoms with Gasteiger partial charge >= 0.3 is 18.0 Å². The van der Waals surface area contributed by atoms with Crippen molar-refractivity contribution < 1.29 is 29.0 Å². The largest absolute Gasteiger partial charge is 0.481 e. The van der Waals surface area contributed by atoms with Crippen molar-refractivity contribution in [1.82, 2.24) is 5.32 Å². The fourth-order valence-electron chi connectivity index (χ4n) is 1.69. The van der Waals surface area contributed by atoms with Crippen LogP contribution in [0, 0.1) is 5.82 Å². The van der Waals surface area contributed by atoms with E-state index in [-0.39, 0.29) is 12.2 Å². The third kappa shape index (κ3) is 4.75. The number of amides is 2. The minimum Gasteiger partial charge on any atom is -0.481 e. The van der Waals surface area contributed by atoms with E-state index in [2.05, 4.69) is 5.32 Å². The molecule has 0 radical (unpaired) electrons. The number of anilines is 1. The molecule has 1 atom stereocenters. The Kier molecular flexibility index (Phi) is 5.65. The molecule has 8 heteroatoms. The molecule has 1 aromatic rings. The van der Waals surface area contributed by atoms with E-state index in [1.54, 1.807) is 6.92 Å². The molecule has 7 nitrogen and oxygen atoms in total. The summed E-state index contributed by atoms with van der Waals surface area (Å²) in [6, 6.07) is 2.86. The van der Waals surface area contributed by atoms with Crippen LogP contribution in [0.25, 0.3) is 0 Å². The van der Waals surface area contributed by atoms with Crippen molar-refractivity contribution in [2.24, 2.45) is 0 Å². The molecule has 0 aliphatic rings. The molecule has 0 fully saturated rings. The van der Waals surface area contributed by atoms with Crippen LogP contribution in [0.5, 0.6) is 0 Å². The van der Waals surface area contributed by atoms with Gasteiger partial charge in [0.1, 0.15) is 11.9 Å². The zero-order valence-corrected chi connectivity index (χ0v) is 11.2. The highest BCUT2D eigenvalue weighted by Gasteiger charge is 2.25. The molecule has 1 rings (SSSR count). The highest BCUT2D eigenvalue weighted by atomic mass is 19.1. The molecular weight excluding hydrogens is 283 g/mol. The van der Waals surface area contributed by atoms with E-state index in [4.69, 9.17) is 10.2 Å². The number of carbonyl (C=O) groups is 3. The predicted molar refractivity (Wildman–Crippen MR) is 71.6 cm³/mol. The zero-order valence-electron chi connectivity index (χ0n) is 11.2. The number of carbonyl (C=O) groups excluding carboxylic acids is 1. The maximum atomic E-state index is 13.2. The number of hydrogen-bond acceptors (Lipinski definition) is 3. The quantitative estimate of drug-likeness (QED) is 0.733. The van der Waals surface area contributed by atoms with Crippen LogP contribution < -0.4 is 10.2 Å². The summed E-state index contributed by atoms with van der Waals surface area (Å²) in [5, 5.41) is 19.6. The standard InChI is InChI=1S/C13H15FN2O5/c1-2-16(9-5-3-4-8(14)6-9)13(21)15-10(12(19)20)7-11(17)18/h3-6,10H,2,7H2,1H3,(H,15,21)(H,17,18)(H,19,20). The molecular formula is C13H15FN2O5. The molecule has 0 spiro atoms. The van der Waals surface area contributed by atoms with E-state index >= 15 is 0 Å². The molecule has 0 heterocycles. The lowest BCUT2D eigenvalue weighted by Gasteiger charge is -2.23. The SMILES string of the molecule is CCN(C(=O)NC(CC(=O)O)C(=O)O)c1cccc(F)c1. The van der Waals surface area contributed by atoms with Gasteiger partial charge in [-0.05, 0) is 25.1 Å². The summed E-state index contributed by atoms with van der Waals surface area (Å²) in [7, 11) is 0. The van der Waals surface area contributed by atoms with E-state index in [1.165, 1.54) is 18.2 Å². The predicted octanol–water partition coefficient (Wildman–Crippen LogP) is 1.29. The van der Waals surface area contributed by atoms with Gasteiger partial charge in [-0.2, -0.15) is 0 Å². The maximum absolute atomic E-state index is 13.2. The van der Waals surface area contributed by atoms with Crippen molar-refractivity contribution >= 4 is 23.7 Å². The molecule has 21 heavy (non-hydrogen) atoms. The van der Waals surface area contributed by atoms with Crippen LogP contribution in [0.1, 0.15) is 13.3 Å². The van der Waals surface area contributed by atoms with Crippen molar-refractivity contribution in [2.45, 2.75) is 19.4 Å². The molecule has 0 aliphatic heterocycles. The van der Waals surface area contributed by atoms with Gasteiger partial charge in [-0.1, -0.05) is 6.07 Å². The molecule has 0 saturated carbocycles. The smallest absolute Gasteiger partial charge is 0.326 e. The molecule has 0 saturated heterocycles. The Morgan fingerprint density at radius 3 is 2.48 bits per heavy atom. The number of hydrogen-bond donors (Lipinski definition) is 3. The second kappa shape index (κ2) is 7.22.